The van der Waals surface area contributed by atoms with Crippen LogP contribution in [-0.2, 0) is 0 Å². The zero-order valence-corrected chi connectivity index (χ0v) is 20.5. The molecule has 2 aromatic heterocycles. The van der Waals surface area contributed by atoms with Crippen molar-refractivity contribution in [3.63, 3.8) is 0 Å². The first kappa shape index (κ1) is 17.6. The van der Waals surface area contributed by atoms with Gasteiger partial charge in [-0.25, -0.2) is 4.98 Å². The van der Waals surface area contributed by atoms with E-state index in [0.717, 1.165) is 16.7 Å². The molecule has 180 valence electrons. The molecular weight excluding hydrogens is 490 g/mol. The molecule has 0 fully saturated rings. The van der Waals surface area contributed by atoms with Gasteiger partial charge in [0.05, 0.1) is 6.85 Å². The SMILES string of the molecule is [2H]c1c([2H])c([2H])c(-c2cccc3oc4ccc(-c5nc(Cl)nc(-c6cccc(-c7ccccc7)c6)n5)cc4c23)c([2H])c1[2H]. The topological polar surface area (TPSA) is 51.8 Å². The monoisotopic (exact) mass is 514 g/mol. The molecular formula is C33H20ClN3O. The molecule has 7 rings (SSSR count). The number of aromatic nitrogens is 3. The van der Waals surface area contributed by atoms with E-state index in [9.17, 15) is 0 Å². The second-order valence-corrected chi connectivity index (χ2v) is 9.03. The van der Waals surface area contributed by atoms with Gasteiger partial charge in [0.15, 0.2) is 11.6 Å². The van der Waals surface area contributed by atoms with Crippen LogP contribution in [0.2, 0.25) is 5.28 Å². The Bertz CT molecular complexity index is 2190. The van der Waals surface area contributed by atoms with Crippen LogP contribution in [0.25, 0.3) is 67.0 Å². The average molecular weight is 515 g/mol. The molecule has 0 amide bonds. The maximum Gasteiger partial charge on any atom is 0.226 e. The summed E-state index contributed by atoms with van der Waals surface area (Å²) >= 11 is 6.41. The maximum atomic E-state index is 8.54. The largest absolute Gasteiger partial charge is 0.456 e. The molecule has 5 aromatic carbocycles. The molecule has 0 unspecified atom stereocenters. The van der Waals surface area contributed by atoms with Gasteiger partial charge in [0.2, 0.25) is 5.28 Å². The van der Waals surface area contributed by atoms with E-state index >= 15 is 0 Å². The molecule has 4 nitrogen and oxygen atoms in total. The summed E-state index contributed by atoms with van der Waals surface area (Å²) in [6.07, 6.45) is 0. The van der Waals surface area contributed by atoms with Gasteiger partial charge >= 0.3 is 0 Å². The van der Waals surface area contributed by atoms with Crippen LogP contribution >= 0.6 is 11.6 Å². The molecule has 0 aliphatic heterocycles. The summed E-state index contributed by atoms with van der Waals surface area (Å²) in [6.45, 7) is 0. The van der Waals surface area contributed by atoms with E-state index < -0.39 is 18.1 Å². The highest BCUT2D eigenvalue weighted by atomic mass is 35.5. The molecule has 0 N–H and O–H groups in total. The normalized spacial score (nSPS) is 13.1. The maximum absolute atomic E-state index is 8.54. The van der Waals surface area contributed by atoms with Crippen molar-refractivity contribution >= 4 is 33.5 Å². The Kier molecular flexibility index (Phi) is 4.29. The van der Waals surface area contributed by atoms with Gasteiger partial charge in [-0.2, -0.15) is 9.97 Å². The zero-order chi connectivity index (χ0) is 29.8. The van der Waals surface area contributed by atoms with Gasteiger partial charge in [0.1, 0.15) is 11.2 Å². The summed E-state index contributed by atoms with van der Waals surface area (Å²) in [7, 11) is 0. The molecule has 2 heterocycles. The summed E-state index contributed by atoms with van der Waals surface area (Å²) in [4.78, 5) is 13.6. The van der Waals surface area contributed by atoms with Crippen LogP contribution < -0.4 is 0 Å². The molecule has 0 spiro atoms. The van der Waals surface area contributed by atoms with E-state index in [1.807, 2.05) is 66.7 Å². The number of halogens is 1. The average Bonchev–Trinajstić information content (AvgIpc) is 3.42. The lowest BCUT2D eigenvalue weighted by Gasteiger charge is -2.08. The molecule has 0 atom stereocenters. The highest BCUT2D eigenvalue weighted by Crippen LogP contribution is 2.38. The van der Waals surface area contributed by atoms with E-state index in [1.54, 1.807) is 24.3 Å². The number of hydrogen-bond acceptors (Lipinski definition) is 4. The fourth-order valence-electron chi connectivity index (χ4n) is 4.64. The van der Waals surface area contributed by atoms with Crippen LogP contribution in [-0.4, -0.2) is 15.0 Å². The van der Waals surface area contributed by atoms with E-state index in [0.29, 0.717) is 44.7 Å². The highest BCUT2D eigenvalue weighted by molar-refractivity contribution is 6.28. The second kappa shape index (κ2) is 9.25. The molecule has 7 aromatic rings. The summed E-state index contributed by atoms with van der Waals surface area (Å²) in [6, 6.07) is 26.8. The van der Waals surface area contributed by atoms with Crippen molar-refractivity contribution in [2.24, 2.45) is 0 Å². The first-order valence-electron chi connectivity index (χ1n) is 14.4. The predicted octanol–water partition coefficient (Wildman–Crippen LogP) is 9.09. The van der Waals surface area contributed by atoms with Crippen molar-refractivity contribution in [1.29, 1.82) is 0 Å². The van der Waals surface area contributed by atoms with Crippen LogP contribution in [0, 0.1) is 0 Å². The van der Waals surface area contributed by atoms with Crippen LogP contribution in [0.15, 0.2) is 126 Å². The third kappa shape index (κ3) is 4.01. The number of benzene rings is 5. The van der Waals surface area contributed by atoms with Crippen molar-refractivity contribution in [3.05, 3.63) is 126 Å². The lowest BCUT2D eigenvalue weighted by Crippen LogP contribution is -1.97. The Hall–Kier alpha value is -4.80. The summed E-state index contributed by atoms with van der Waals surface area (Å²) in [5.74, 6) is 0.779. The van der Waals surface area contributed by atoms with Crippen LogP contribution in [0.5, 0.6) is 0 Å². The molecule has 0 saturated heterocycles. The van der Waals surface area contributed by atoms with Crippen LogP contribution in [0.4, 0.5) is 0 Å². The summed E-state index contributed by atoms with van der Waals surface area (Å²) < 4.78 is 47.5. The Labute approximate surface area is 231 Å². The Morgan fingerprint density at radius 2 is 1.29 bits per heavy atom. The van der Waals surface area contributed by atoms with Crippen LogP contribution in [0.1, 0.15) is 6.85 Å². The van der Waals surface area contributed by atoms with Gasteiger partial charge < -0.3 is 4.42 Å². The van der Waals surface area contributed by atoms with Gasteiger partial charge in [-0.15, -0.1) is 0 Å². The standard InChI is InChI=1S/C33H20ClN3O/c34-33-36-31(24-14-7-13-23(19-24)21-9-3-1-4-10-21)35-32(37-33)25-17-18-28-27(20-25)30-26(15-8-16-29(30)38-28)22-11-5-2-6-12-22/h1-20H/i2D,5D,6D,11D,12D. The summed E-state index contributed by atoms with van der Waals surface area (Å²) in [5, 5.41) is 1.34. The zero-order valence-electron chi connectivity index (χ0n) is 24.8. The van der Waals surface area contributed by atoms with Crippen molar-refractivity contribution in [2.75, 3.05) is 0 Å². The number of fused-ring (bicyclic) bond motifs is 3. The number of nitrogens with zero attached hydrogens (tertiary/aromatic N) is 3. The third-order valence-electron chi connectivity index (χ3n) is 6.36. The highest BCUT2D eigenvalue weighted by Gasteiger charge is 2.16. The molecule has 0 aliphatic rings. The lowest BCUT2D eigenvalue weighted by atomic mass is 9.99. The minimum absolute atomic E-state index is 0.0436. The van der Waals surface area contributed by atoms with Crippen molar-refractivity contribution < 1.29 is 11.3 Å². The van der Waals surface area contributed by atoms with E-state index in [1.165, 1.54) is 0 Å². The van der Waals surface area contributed by atoms with Gasteiger partial charge in [0.25, 0.3) is 0 Å². The first-order chi connectivity index (χ1) is 20.8. The van der Waals surface area contributed by atoms with E-state index in [-0.39, 0.29) is 22.9 Å². The van der Waals surface area contributed by atoms with Crippen molar-refractivity contribution in [2.45, 2.75) is 0 Å². The van der Waals surface area contributed by atoms with E-state index in [4.69, 9.17) is 27.9 Å². The fourth-order valence-corrected chi connectivity index (χ4v) is 4.80. The predicted molar refractivity (Wildman–Crippen MR) is 154 cm³/mol. The second-order valence-electron chi connectivity index (χ2n) is 8.69. The Morgan fingerprint density at radius 1 is 0.579 bits per heavy atom. The number of furan rings is 1. The molecule has 5 heteroatoms. The van der Waals surface area contributed by atoms with Crippen molar-refractivity contribution in [1.82, 2.24) is 15.0 Å². The molecule has 0 saturated carbocycles. The summed E-state index contributed by atoms with van der Waals surface area (Å²) in [5.41, 5.74) is 5.17. The van der Waals surface area contributed by atoms with Gasteiger partial charge in [-0.05, 0) is 64.2 Å². The van der Waals surface area contributed by atoms with E-state index in [2.05, 4.69) is 9.97 Å². The molecule has 38 heavy (non-hydrogen) atoms. The number of rotatable bonds is 4. The minimum atomic E-state index is -0.443. The van der Waals surface area contributed by atoms with Gasteiger partial charge in [-0.1, -0.05) is 90.9 Å². The molecule has 0 aliphatic carbocycles. The minimum Gasteiger partial charge on any atom is -0.456 e. The van der Waals surface area contributed by atoms with Crippen molar-refractivity contribution in [3.8, 4) is 45.0 Å². The smallest absolute Gasteiger partial charge is 0.226 e. The molecule has 0 bridgehead atoms. The van der Waals surface area contributed by atoms with Gasteiger partial charge in [-0.3, -0.25) is 0 Å². The fraction of sp³-hybridized carbons (Fsp3) is 0. The quantitative estimate of drug-likeness (QED) is 0.235. The number of hydrogen-bond donors (Lipinski definition) is 0. The Balaban J connectivity index is 1.39. The third-order valence-corrected chi connectivity index (χ3v) is 6.53. The molecule has 0 radical (unpaired) electrons. The first-order valence-corrected chi connectivity index (χ1v) is 12.3. The van der Waals surface area contributed by atoms with Gasteiger partial charge in [0, 0.05) is 21.9 Å². The lowest BCUT2D eigenvalue weighted by molar-refractivity contribution is 0.669. The Morgan fingerprint density at radius 3 is 2.11 bits per heavy atom. The van der Waals surface area contributed by atoms with Crippen LogP contribution in [0.3, 0.4) is 0 Å².